The first kappa shape index (κ1) is 38.0. The minimum atomic E-state index is -1.09. The van der Waals surface area contributed by atoms with Gasteiger partial charge in [-0.25, -0.2) is 9.59 Å². The molecule has 0 radical (unpaired) electrons. The fourth-order valence-electron chi connectivity index (χ4n) is 7.64. The van der Waals surface area contributed by atoms with Gasteiger partial charge in [-0.1, -0.05) is 74.0 Å². The van der Waals surface area contributed by atoms with Gasteiger partial charge in [0.25, 0.3) is 0 Å². The second-order valence-electron chi connectivity index (χ2n) is 15.5. The van der Waals surface area contributed by atoms with Crippen LogP contribution in [-0.2, 0) is 38.3 Å². The van der Waals surface area contributed by atoms with Gasteiger partial charge in [-0.05, 0) is 126 Å². The van der Waals surface area contributed by atoms with E-state index in [4.69, 9.17) is 18.6 Å². The second-order valence-corrected chi connectivity index (χ2v) is 15.5. The highest BCUT2D eigenvalue weighted by atomic mass is 16.6. The van der Waals surface area contributed by atoms with Gasteiger partial charge in [0.05, 0.1) is 5.56 Å². The van der Waals surface area contributed by atoms with E-state index in [-0.39, 0.29) is 23.8 Å². The van der Waals surface area contributed by atoms with Gasteiger partial charge < -0.3 is 23.9 Å². The smallest absolute Gasteiger partial charge is 0.339 e. The van der Waals surface area contributed by atoms with E-state index in [9.17, 15) is 14.4 Å². The van der Waals surface area contributed by atoms with Crippen LogP contribution >= 0.6 is 0 Å². The van der Waals surface area contributed by atoms with Crippen LogP contribution in [0.4, 0.5) is 0 Å². The Morgan fingerprint density at radius 1 is 0.906 bits per heavy atom. The van der Waals surface area contributed by atoms with Crippen LogP contribution in [0, 0.1) is 5.92 Å². The lowest BCUT2D eigenvalue weighted by molar-refractivity contribution is -0.188. The number of aryl methyl sites for hydroxylation is 2. The molecule has 3 aliphatic heterocycles. The van der Waals surface area contributed by atoms with E-state index in [0.717, 1.165) is 49.1 Å². The summed E-state index contributed by atoms with van der Waals surface area (Å²) in [5.41, 5.74) is 4.58. The van der Waals surface area contributed by atoms with Crippen molar-refractivity contribution in [3.05, 3.63) is 122 Å². The molecule has 1 aromatic heterocycles. The molecule has 0 spiro atoms. The summed E-state index contributed by atoms with van der Waals surface area (Å²) >= 11 is 0. The Balaban J connectivity index is 1.43. The molecule has 53 heavy (non-hydrogen) atoms. The standard InChI is InChI=1S/C45H53NO7/c1-7-46-24-23-29(4)36-27-34-20-22-37-39(40(34)51-44(36)49)41-42(45(5,6)53-37)52-43(48)35(28(2)3)21-19-31-13-16-32(17-14-31)25-33(26-38(47)50-41)18-15-30-11-9-8-10-12-30/h8-14,16-17,20,22,27,29,33,41-42,46H,7,15,18-19,21,23-26H2,1-6H3/t29-,33+,41+,42+/m1/s1. The molecule has 0 fully saturated rings. The SMILES string of the molecule is CCNCC[C@@H](C)c1cc2ccc3c(c2oc1=O)[C@@H]1OC(=O)C[C@@H](CCc2ccccc2)Cc2ccc(cc2)CCC(=C(C)C)C(=O)O[C@@H]1C(C)(C)O3. The van der Waals surface area contributed by atoms with E-state index in [0.29, 0.717) is 47.1 Å². The maximum absolute atomic E-state index is 14.2. The molecule has 280 valence electrons. The zero-order chi connectivity index (χ0) is 37.7. The van der Waals surface area contributed by atoms with Crippen molar-refractivity contribution in [3.8, 4) is 5.75 Å². The number of carbonyl (C=O) groups is 2. The molecule has 4 heterocycles. The molecule has 3 aliphatic rings. The topological polar surface area (TPSA) is 104 Å². The number of rotatable bonds is 8. The van der Waals surface area contributed by atoms with Crippen LogP contribution in [0.1, 0.15) is 107 Å². The Kier molecular flexibility index (Phi) is 11.9. The van der Waals surface area contributed by atoms with Gasteiger partial charge in [0.1, 0.15) is 16.9 Å². The van der Waals surface area contributed by atoms with Gasteiger partial charge in [-0.3, -0.25) is 4.79 Å². The molecule has 1 N–H and O–H groups in total. The molecule has 0 saturated heterocycles. The summed E-state index contributed by atoms with van der Waals surface area (Å²) in [6.07, 6.45) is 2.27. The number of esters is 2. The van der Waals surface area contributed by atoms with Gasteiger partial charge in [0.2, 0.25) is 0 Å². The van der Waals surface area contributed by atoms with Gasteiger partial charge in [-0.2, -0.15) is 0 Å². The van der Waals surface area contributed by atoms with Crippen molar-refractivity contribution in [2.45, 2.75) is 110 Å². The molecule has 0 aliphatic carbocycles. The molecular weight excluding hydrogens is 666 g/mol. The lowest BCUT2D eigenvalue weighted by atomic mass is 9.86. The predicted octanol–water partition coefficient (Wildman–Crippen LogP) is 8.73. The average Bonchev–Trinajstić information content (AvgIpc) is 3.12. The molecule has 2 bridgehead atoms. The Morgan fingerprint density at radius 2 is 1.64 bits per heavy atom. The Morgan fingerprint density at radius 3 is 2.36 bits per heavy atom. The fraction of sp³-hybridized carbons (Fsp3) is 0.444. The van der Waals surface area contributed by atoms with Gasteiger partial charge in [0.15, 0.2) is 12.2 Å². The monoisotopic (exact) mass is 719 g/mol. The van der Waals surface area contributed by atoms with Gasteiger partial charge in [-0.15, -0.1) is 0 Å². The number of benzene rings is 3. The number of fused-ring (bicyclic) bond motifs is 13. The largest absolute Gasteiger partial charge is 0.483 e. The first-order valence-electron chi connectivity index (χ1n) is 19.1. The van der Waals surface area contributed by atoms with Crippen molar-refractivity contribution < 1.29 is 28.2 Å². The first-order chi connectivity index (χ1) is 25.4. The van der Waals surface area contributed by atoms with Crippen LogP contribution in [0.25, 0.3) is 11.0 Å². The van der Waals surface area contributed by atoms with Gasteiger partial charge >= 0.3 is 17.6 Å². The minimum Gasteiger partial charge on any atom is -0.483 e. The van der Waals surface area contributed by atoms with E-state index >= 15 is 0 Å². The van der Waals surface area contributed by atoms with Crippen LogP contribution in [-0.4, -0.2) is 36.7 Å². The van der Waals surface area contributed by atoms with Crippen molar-refractivity contribution in [1.82, 2.24) is 5.32 Å². The van der Waals surface area contributed by atoms with Crippen molar-refractivity contribution in [1.29, 1.82) is 0 Å². The van der Waals surface area contributed by atoms with E-state index in [2.05, 4.69) is 48.6 Å². The molecule has 0 saturated carbocycles. The maximum Gasteiger partial charge on any atom is 0.339 e. The third-order valence-corrected chi connectivity index (χ3v) is 10.8. The lowest BCUT2D eigenvalue weighted by Gasteiger charge is -2.43. The Labute approximate surface area is 312 Å². The van der Waals surface area contributed by atoms with E-state index in [1.165, 1.54) is 5.56 Å². The van der Waals surface area contributed by atoms with Crippen molar-refractivity contribution in [2.24, 2.45) is 5.92 Å². The third-order valence-electron chi connectivity index (χ3n) is 10.8. The molecule has 0 amide bonds. The zero-order valence-corrected chi connectivity index (χ0v) is 32.0. The summed E-state index contributed by atoms with van der Waals surface area (Å²) in [5.74, 6) is -0.540. The molecule has 0 unspecified atom stereocenters. The minimum absolute atomic E-state index is 0.0104. The summed E-state index contributed by atoms with van der Waals surface area (Å²) in [5, 5.41) is 4.00. The molecule has 8 heteroatoms. The van der Waals surface area contributed by atoms with Crippen LogP contribution in [0.3, 0.4) is 0 Å². The quantitative estimate of drug-likeness (QED) is 0.0835. The van der Waals surface area contributed by atoms with Gasteiger partial charge in [0, 0.05) is 22.9 Å². The number of hydrogen-bond donors (Lipinski definition) is 1. The number of allylic oxidation sites excluding steroid dienone is 1. The highest BCUT2D eigenvalue weighted by Crippen LogP contribution is 2.47. The predicted molar refractivity (Wildman–Crippen MR) is 207 cm³/mol. The van der Waals surface area contributed by atoms with Crippen LogP contribution in [0.5, 0.6) is 5.75 Å². The summed E-state index contributed by atoms with van der Waals surface area (Å²) in [6.45, 7) is 13.2. The summed E-state index contributed by atoms with van der Waals surface area (Å²) < 4.78 is 25.5. The molecule has 4 atom stereocenters. The van der Waals surface area contributed by atoms with Crippen molar-refractivity contribution in [2.75, 3.05) is 13.1 Å². The Hall–Kier alpha value is -4.69. The van der Waals surface area contributed by atoms with Crippen molar-refractivity contribution >= 4 is 22.9 Å². The average molecular weight is 720 g/mol. The summed E-state index contributed by atoms with van der Waals surface area (Å²) in [6, 6.07) is 24.3. The molecule has 4 aromatic rings. The normalized spacial score (nSPS) is 20.9. The maximum atomic E-state index is 14.2. The highest BCUT2D eigenvalue weighted by molar-refractivity contribution is 5.90. The lowest BCUT2D eigenvalue weighted by Crippen LogP contribution is -2.52. The first-order valence-corrected chi connectivity index (χ1v) is 19.1. The summed E-state index contributed by atoms with van der Waals surface area (Å²) in [4.78, 5) is 42.0. The number of ether oxygens (including phenoxy) is 3. The highest BCUT2D eigenvalue weighted by Gasteiger charge is 2.50. The zero-order valence-electron chi connectivity index (χ0n) is 32.0. The van der Waals surface area contributed by atoms with Crippen LogP contribution < -0.4 is 15.7 Å². The number of nitrogens with one attached hydrogen (secondary N) is 1. The molecule has 8 nitrogen and oxygen atoms in total. The second kappa shape index (κ2) is 16.5. The van der Waals surface area contributed by atoms with E-state index < -0.39 is 35.4 Å². The molecule has 7 rings (SSSR count). The fourth-order valence-corrected chi connectivity index (χ4v) is 7.64. The Bertz CT molecular complexity index is 2010. The van der Waals surface area contributed by atoms with Crippen LogP contribution in [0.15, 0.2) is 93.2 Å². The summed E-state index contributed by atoms with van der Waals surface area (Å²) in [7, 11) is 0. The van der Waals surface area contributed by atoms with E-state index in [1.807, 2.05) is 71.0 Å². The third kappa shape index (κ3) is 8.93. The molecule has 3 aromatic carbocycles. The van der Waals surface area contributed by atoms with Crippen LogP contribution in [0.2, 0.25) is 0 Å². The van der Waals surface area contributed by atoms with E-state index in [1.54, 1.807) is 0 Å². The number of carbonyl (C=O) groups excluding carboxylic acids is 2. The molecular formula is C45H53NO7. The van der Waals surface area contributed by atoms with Crippen molar-refractivity contribution in [3.63, 3.8) is 0 Å². The number of hydrogen-bond acceptors (Lipinski definition) is 8.